The number of nitrogens with zero attached hydrogens (tertiary/aromatic N) is 1. The van der Waals surface area contributed by atoms with Crippen LogP contribution in [0.3, 0.4) is 0 Å². The van der Waals surface area contributed by atoms with Gasteiger partial charge in [0.2, 0.25) is 5.91 Å². The molecule has 0 aliphatic rings. The number of likely N-dealkylation sites (N-methyl/N-ethyl adjacent to an activating group) is 1. The highest BCUT2D eigenvalue weighted by Gasteiger charge is 2.16. The highest BCUT2D eigenvalue weighted by molar-refractivity contribution is 5.96. The topological polar surface area (TPSA) is 75.7 Å². The van der Waals surface area contributed by atoms with Gasteiger partial charge in [-0.2, -0.15) is 0 Å². The van der Waals surface area contributed by atoms with Crippen LogP contribution in [0.1, 0.15) is 26.7 Å². The van der Waals surface area contributed by atoms with Crippen molar-refractivity contribution in [1.29, 1.82) is 0 Å². The Morgan fingerprint density at radius 2 is 1.83 bits per heavy atom. The average Bonchev–Trinajstić information content (AvgIpc) is 2.28. The number of rotatable bonds is 9. The molecule has 1 N–H and O–H groups in total. The van der Waals surface area contributed by atoms with E-state index in [9.17, 15) is 14.4 Å². The molecule has 0 saturated carbocycles. The van der Waals surface area contributed by atoms with Gasteiger partial charge in [-0.15, -0.1) is 0 Å². The van der Waals surface area contributed by atoms with Crippen molar-refractivity contribution < 1.29 is 19.1 Å². The van der Waals surface area contributed by atoms with E-state index in [1.165, 1.54) is 0 Å². The smallest absolute Gasteiger partial charge is 0.313 e. The average molecular weight is 258 g/mol. The summed E-state index contributed by atoms with van der Waals surface area (Å²) < 4.78 is 4.70. The molecule has 0 atom stereocenters. The first-order valence-corrected chi connectivity index (χ1v) is 6.13. The van der Waals surface area contributed by atoms with E-state index in [-0.39, 0.29) is 37.8 Å². The lowest BCUT2D eigenvalue weighted by atomic mass is 10.2. The third-order valence-electron chi connectivity index (χ3n) is 2.23. The highest BCUT2D eigenvalue weighted by atomic mass is 16.5. The van der Waals surface area contributed by atoms with E-state index in [2.05, 4.69) is 5.32 Å². The molecule has 0 aromatic carbocycles. The number of nitrogens with one attached hydrogen (secondary N) is 1. The van der Waals surface area contributed by atoms with E-state index >= 15 is 0 Å². The lowest BCUT2D eigenvalue weighted by Crippen LogP contribution is -2.39. The molecule has 0 aromatic rings. The van der Waals surface area contributed by atoms with E-state index in [1.54, 1.807) is 18.9 Å². The zero-order valence-electron chi connectivity index (χ0n) is 11.3. The minimum absolute atomic E-state index is 0.0973. The summed E-state index contributed by atoms with van der Waals surface area (Å²) in [6, 6.07) is 0. The summed E-state index contributed by atoms with van der Waals surface area (Å²) in [4.78, 5) is 35.7. The van der Waals surface area contributed by atoms with E-state index in [0.717, 1.165) is 6.42 Å². The number of hydrogen-bond donors (Lipinski definition) is 1. The van der Waals surface area contributed by atoms with Crippen molar-refractivity contribution in [3.05, 3.63) is 0 Å². The minimum Gasteiger partial charge on any atom is -0.466 e. The fourth-order valence-corrected chi connectivity index (χ4v) is 1.49. The summed E-state index contributed by atoms with van der Waals surface area (Å²) in [5.74, 6) is -0.892. The van der Waals surface area contributed by atoms with E-state index < -0.39 is 5.97 Å². The third-order valence-corrected chi connectivity index (χ3v) is 2.23. The molecule has 18 heavy (non-hydrogen) atoms. The van der Waals surface area contributed by atoms with Crippen molar-refractivity contribution in [3.8, 4) is 0 Å². The lowest BCUT2D eigenvalue weighted by molar-refractivity contribution is -0.145. The first-order valence-electron chi connectivity index (χ1n) is 6.13. The van der Waals surface area contributed by atoms with Crippen LogP contribution in [0, 0.1) is 0 Å². The number of ether oxygens (including phenoxy) is 1. The fourth-order valence-electron chi connectivity index (χ4n) is 1.49. The Balaban J connectivity index is 4.18. The van der Waals surface area contributed by atoms with Gasteiger partial charge in [-0.1, -0.05) is 6.92 Å². The molecule has 0 aliphatic heterocycles. The molecule has 0 unspecified atom stereocenters. The number of carbonyl (C=O) groups excluding carboxylic acids is 3. The molecular formula is C12H22N2O4. The van der Waals surface area contributed by atoms with Crippen LogP contribution in [0.2, 0.25) is 0 Å². The van der Waals surface area contributed by atoms with Crippen molar-refractivity contribution in [2.45, 2.75) is 26.7 Å². The second-order valence-corrected chi connectivity index (χ2v) is 3.90. The zero-order chi connectivity index (χ0) is 14.0. The van der Waals surface area contributed by atoms with Crippen molar-refractivity contribution in [2.75, 3.05) is 33.3 Å². The largest absolute Gasteiger partial charge is 0.466 e. The number of ketones is 1. The summed E-state index contributed by atoms with van der Waals surface area (Å²) in [5.41, 5.74) is 0. The van der Waals surface area contributed by atoms with Crippen molar-refractivity contribution >= 4 is 17.7 Å². The van der Waals surface area contributed by atoms with Crippen LogP contribution in [0.15, 0.2) is 0 Å². The molecule has 0 bridgehead atoms. The molecule has 0 aromatic heterocycles. The third kappa shape index (κ3) is 7.78. The van der Waals surface area contributed by atoms with Gasteiger partial charge in [0.25, 0.3) is 0 Å². The molecule has 104 valence electrons. The molecule has 1 amide bonds. The highest BCUT2D eigenvalue weighted by Crippen LogP contribution is 1.96. The van der Waals surface area contributed by atoms with Crippen LogP contribution in [-0.4, -0.2) is 55.8 Å². The normalized spacial score (nSPS) is 10.2. The number of amides is 1. The lowest BCUT2D eigenvalue weighted by Gasteiger charge is -2.19. The predicted octanol–water partition coefficient (Wildman–Crippen LogP) is -0.0333. The predicted molar refractivity (Wildman–Crippen MR) is 67.1 cm³/mol. The number of esters is 1. The molecule has 6 heteroatoms. The van der Waals surface area contributed by atoms with Crippen molar-refractivity contribution in [1.82, 2.24) is 10.2 Å². The summed E-state index contributed by atoms with van der Waals surface area (Å²) in [6.07, 6.45) is 0.603. The molecule has 0 aliphatic carbocycles. The Morgan fingerprint density at radius 1 is 1.17 bits per heavy atom. The van der Waals surface area contributed by atoms with Crippen molar-refractivity contribution in [2.24, 2.45) is 0 Å². The monoisotopic (exact) mass is 258 g/mol. The quantitative estimate of drug-likeness (QED) is 0.464. The molecule has 0 rings (SSSR count). The first-order chi connectivity index (χ1) is 8.53. The molecule has 6 nitrogen and oxygen atoms in total. The van der Waals surface area contributed by atoms with Crippen LogP contribution in [0.5, 0.6) is 0 Å². The van der Waals surface area contributed by atoms with Gasteiger partial charge in [0.05, 0.1) is 19.7 Å². The van der Waals surface area contributed by atoms with Crippen LogP contribution < -0.4 is 5.32 Å². The van der Waals surface area contributed by atoms with Gasteiger partial charge in [-0.25, -0.2) is 0 Å². The van der Waals surface area contributed by atoms with Gasteiger partial charge < -0.3 is 10.1 Å². The summed E-state index contributed by atoms with van der Waals surface area (Å²) in [7, 11) is 1.55. The molecular weight excluding hydrogens is 236 g/mol. The second kappa shape index (κ2) is 9.58. The SMILES string of the molecule is CCCN(CC(=O)CC(=O)OCC)CC(=O)NC. The maximum atomic E-state index is 11.6. The number of hydrogen-bond acceptors (Lipinski definition) is 5. The Bertz CT molecular complexity index is 292. The Kier molecular flexibility index (Phi) is 8.82. The Morgan fingerprint density at radius 3 is 2.33 bits per heavy atom. The van der Waals surface area contributed by atoms with Crippen LogP contribution in [0.25, 0.3) is 0 Å². The molecule has 0 heterocycles. The van der Waals surface area contributed by atoms with E-state index in [4.69, 9.17) is 4.74 Å². The summed E-state index contributed by atoms with van der Waals surface area (Å²) in [5, 5.41) is 2.50. The van der Waals surface area contributed by atoms with E-state index in [1.807, 2.05) is 6.92 Å². The van der Waals surface area contributed by atoms with Gasteiger partial charge in [-0.3, -0.25) is 19.3 Å². The summed E-state index contributed by atoms with van der Waals surface area (Å²) in [6.45, 7) is 4.83. The number of Topliss-reactive ketones (excluding diaryl/α,β-unsaturated/α-hetero) is 1. The molecule has 0 fully saturated rings. The van der Waals surface area contributed by atoms with Gasteiger partial charge in [-0.05, 0) is 19.9 Å². The van der Waals surface area contributed by atoms with Crippen LogP contribution in [0.4, 0.5) is 0 Å². The van der Waals surface area contributed by atoms with Gasteiger partial charge >= 0.3 is 5.97 Å². The Hall–Kier alpha value is -1.43. The molecule has 0 saturated heterocycles. The zero-order valence-corrected chi connectivity index (χ0v) is 11.3. The van der Waals surface area contributed by atoms with E-state index in [0.29, 0.717) is 6.54 Å². The van der Waals surface area contributed by atoms with Gasteiger partial charge in [0, 0.05) is 7.05 Å². The molecule has 0 spiro atoms. The summed E-state index contributed by atoms with van der Waals surface area (Å²) >= 11 is 0. The second-order valence-electron chi connectivity index (χ2n) is 3.90. The van der Waals surface area contributed by atoms with Crippen LogP contribution in [-0.2, 0) is 19.1 Å². The fraction of sp³-hybridized carbons (Fsp3) is 0.750. The molecule has 0 radical (unpaired) electrons. The van der Waals surface area contributed by atoms with Crippen LogP contribution >= 0.6 is 0 Å². The van der Waals surface area contributed by atoms with Gasteiger partial charge in [0.15, 0.2) is 5.78 Å². The van der Waals surface area contributed by atoms with Gasteiger partial charge in [0.1, 0.15) is 6.42 Å². The Labute approximate surface area is 108 Å². The maximum Gasteiger partial charge on any atom is 0.313 e. The number of carbonyl (C=O) groups is 3. The minimum atomic E-state index is -0.515. The van der Waals surface area contributed by atoms with Crippen molar-refractivity contribution in [3.63, 3.8) is 0 Å². The maximum absolute atomic E-state index is 11.6. The standard InChI is InChI=1S/C12H22N2O4/c1-4-6-14(9-11(16)13-3)8-10(15)7-12(17)18-5-2/h4-9H2,1-3H3,(H,13,16). The first kappa shape index (κ1) is 16.6.